The number of phenols is 1. The molecule has 0 bridgehead atoms. The number of hydrogen-bond donors (Lipinski definition) is 3. The summed E-state index contributed by atoms with van der Waals surface area (Å²) < 4.78 is 4.97. The molecule has 7 nitrogen and oxygen atoms in total. The standard InChI is InChI=1S/C13H19N3O4/c1-8(2)16(7-11(14)15-19)13(18)9-5-4-6-10(20-3)12(9)17/h4-6,8,17,19H,7H2,1-3H3,(H2,14,15). The molecule has 1 aromatic rings. The average molecular weight is 281 g/mol. The fourth-order valence-corrected chi connectivity index (χ4v) is 1.71. The lowest BCUT2D eigenvalue weighted by Gasteiger charge is -2.26. The van der Waals surface area contributed by atoms with Gasteiger partial charge in [0.2, 0.25) is 0 Å². The Morgan fingerprint density at radius 2 is 2.15 bits per heavy atom. The number of phenolic OH excluding ortho intramolecular Hbond substituents is 1. The van der Waals surface area contributed by atoms with Crippen molar-refractivity contribution in [2.45, 2.75) is 19.9 Å². The first kappa shape index (κ1) is 15.6. The number of oxime groups is 1. The highest BCUT2D eigenvalue weighted by Crippen LogP contribution is 2.30. The SMILES string of the molecule is COc1cccc(C(=O)N(CC(N)=NO)C(C)C)c1O. The normalized spacial score (nSPS) is 11.5. The summed E-state index contributed by atoms with van der Waals surface area (Å²) in [6.07, 6.45) is 0. The highest BCUT2D eigenvalue weighted by atomic mass is 16.5. The van der Waals surface area contributed by atoms with E-state index >= 15 is 0 Å². The molecule has 0 saturated heterocycles. The third-order valence-corrected chi connectivity index (χ3v) is 2.79. The van der Waals surface area contributed by atoms with Gasteiger partial charge in [0.05, 0.1) is 19.2 Å². The van der Waals surface area contributed by atoms with E-state index in [0.717, 1.165) is 0 Å². The second-order valence-electron chi connectivity index (χ2n) is 4.47. The zero-order chi connectivity index (χ0) is 15.3. The van der Waals surface area contributed by atoms with E-state index in [1.165, 1.54) is 18.1 Å². The Hall–Kier alpha value is -2.44. The van der Waals surface area contributed by atoms with Crippen molar-refractivity contribution in [1.82, 2.24) is 4.90 Å². The van der Waals surface area contributed by atoms with Gasteiger partial charge in [0, 0.05) is 6.04 Å². The van der Waals surface area contributed by atoms with E-state index in [-0.39, 0.29) is 35.5 Å². The Labute approximate surface area is 117 Å². The van der Waals surface area contributed by atoms with Gasteiger partial charge in [-0.3, -0.25) is 4.79 Å². The molecule has 7 heteroatoms. The molecular formula is C13H19N3O4. The zero-order valence-electron chi connectivity index (χ0n) is 11.7. The number of amides is 1. The lowest BCUT2D eigenvalue weighted by atomic mass is 10.1. The third-order valence-electron chi connectivity index (χ3n) is 2.79. The van der Waals surface area contributed by atoms with E-state index in [4.69, 9.17) is 15.7 Å². The first-order valence-corrected chi connectivity index (χ1v) is 6.05. The molecular weight excluding hydrogens is 262 g/mol. The summed E-state index contributed by atoms with van der Waals surface area (Å²) in [5.74, 6) is -0.536. The highest BCUT2D eigenvalue weighted by molar-refractivity contribution is 5.99. The predicted molar refractivity (Wildman–Crippen MR) is 74.2 cm³/mol. The van der Waals surface area contributed by atoms with Crippen LogP contribution in [0, 0.1) is 0 Å². The van der Waals surface area contributed by atoms with Crippen LogP contribution in [0.2, 0.25) is 0 Å². The lowest BCUT2D eigenvalue weighted by Crippen LogP contribution is -2.42. The van der Waals surface area contributed by atoms with Gasteiger partial charge in [-0.25, -0.2) is 0 Å². The van der Waals surface area contributed by atoms with Crippen LogP contribution >= 0.6 is 0 Å². The molecule has 20 heavy (non-hydrogen) atoms. The Kier molecular flexibility index (Phi) is 5.19. The minimum atomic E-state index is -0.428. The molecule has 0 fully saturated rings. The molecule has 0 radical (unpaired) electrons. The molecule has 4 N–H and O–H groups in total. The van der Waals surface area contributed by atoms with Crippen molar-refractivity contribution < 1.29 is 19.8 Å². The van der Waals surface area contributed by atoms with Gasteiger partial charge >= 0.3 is 0 Å². The number of carbonyl (C=O) groups excluding carboxylic acids is 1. The van der Waals surface area contributed by atoms with Crippen LogP contribution in [0.5, 0.6) is 11.5 Å². The average Bonchev–Trinajstić information content (AvgIpc) is 2.43. The number of aromatic hydroxyl groups is 1. The maximum absolute atomic E-state index is 12.4. The van der Waals surface area contributed by atoms with Gasteiger partial charge in [-0.2, -0.15) is 0 Å². The van der Waals surface area contributed by atoms with Crippen molar-refractivity contribution in [3.05, 3.63) is 23.8 Å². The van der Waals surface area contributed by atoms with Crippen LogP contribution in [0.3, 0.4) is 0 Å². The van der Waals surface area contributed by atoms with Gasteiger partial charge in [-0.05, 0) is 26.0 Å². The van der Waals surface area contributed by atoms with Crippen molar-refractivity contribution in [2.24, 2.45) is 10.9 Å². The number of hydrogen-bond acceptors (Lipinski definition) is 5. The number of amidine groups is 1. The second-order valence-corrected chi connectivity index (χ2v) is 4.47. The number of methoxy groups -OCH3 is 1. The smallest absolute Gasteiger partial charge is 0.258 e. The summed E-state index contributed by atoms with van der Waals surface area (Å²) in [5, 5.41) is 21.5. The van der Waals surface area contributed by atoms with Crippen LogP contribution in [0.25, 0.3) is 0 Å². The van der Waals surface area contributed by atoms with Crippen molar-refractivity contribution in [1.29, 1.82) is 0 Å². The predicted octanol–water partition coefficient (Wildman–Crippen LogP) is 0.998. The molecule has 0 aliphatic heterocycles. The molecule has 0 aliphatic carbocycles. The van der Waals surface area contributed by atoms with Crippen molar-refractivity contribution in [2.75, 3.05) is 13.7 Å². The van der Waals surface area contributed by atoms with Crippen LogP contribution < -0.4 is 10.5 Å². The number of para-hydroxylation sites is 1. The van der Waals surface area contributed by atoms with Gasteiger partial charge < -0.3 is 25.7 Å². The molecule has 1 amide bonds. The number of nitrogens with two attached hydrogens (primary N) is 1. The van der Waals surface area contributed by atoms with E-state index in [1.807, 2.05) is 0 Å². The molecule has 0 unspecified atom stereocenters. The first-order chi connectivity index (χ1) is 9.42. The van der Waals surface area contributed by atoms with E-state index in [1.54, 1.807) is 26.0 Å². The molecule has 0 aromatic heterocycles. The van der Waals surface area contributed by atoms with Gasteiger partial charge in [0.25, 0.3) is 5.91 Å². The van der Waals surface area contributed by atoms with Gasteiger partial charge in [-0.1, -0.05) is 11.2 Å². The van der Waals surface area contributed by atoms with E-state index in [2.05, 4.69) is 5.16 Å². The van der Waals surface area contributed by atoms with Crippen LogP contribution in [-0.4, -0.2) is 46.7 Å². The molecule has 0 spiro atoms. The van der Waals surface area contributed by atoms with Crippen LogP contribution in [0.4, 0.5) is 0 Å². The molecule has 1 aromatic carbocycles. The number of ether oxygens (including phenoxy) is 1. The van der Waals surface area contributed by atoms with Gasteiger partial charge in [0.15, 0.2) is 17.3 Å². The number of nitrogens with zero attached hydrogens (tertiary/aromatic N) is 2. The molecule has 0 saturated carbocycles. The summed E-state index contributed by atoms with van der Waals surface area (Å²) in [4.78, 5) is 13.8. The third kappa shape index (κ3) is 3.31. The van der Waals surface area contributed by atoms with Crippen LogP contribution in [-0.2, 0) is 0 Å². The first-order valence-electron chi connectivity index (χ1n) is 6.05. The van der Waals surface area contributed by atoms with Crippen molar-refractivity contribution >= 4 is 11.7 Å². The fourth-order valence-electron chi connectivity index (χ4n) is 1.71. The van der Waals surface area contributed by atoms with E-state index in [9.17, 15) is 9.90 Å². The molecule has 110 valence electrons. The maximum Gasteiger partial charge on any atom is 0.258 e. The number of rotatable bonds is 5. The Bertz CT molecular complexity index is 514. The molecule has 0 aliphatic rings. The maximum atomic E-state index is 12.4. The van der Waals surface area contributed by atoms with Crippen molar-refractivity contribution in [3.63, 3.8) is 0 Å². The fraction of sp³-hybridized carbons (Fsp3) is 0.385. The van der Waals surface area contributed by atoms with Crippen LogP contribution in [0.1, 0.15) is 24.2 Å². The summed E-state index contributed by atoms with van der Waals surface area (Å²) in [6.45, 7) is 3.54. The van der Waals surface area contributed by atoms with Gasteiger partial charge in [0.1, 0.15) is 0 Å². The summed E-state index contributed by atoms with van der Waals surface area (Å²) in [6, 6.07) is 4.46. The summed E-state index contributed by atoms with van der Waals surface area (Å²) in [5.41, 5.74) is 5.54. The highest BCUT2D eigenvalue weighted by Gasteiger charge is 2.23. The minimum Gasteiger partial charge on any atom is -0.504 e. The molecule has 0 heterocycles. The van der Waals surface area contributed by atoms with E-state index in [0.29, 0.717) is 0 Å². The Morgan fingerprint density at radius 3 is 2.65 bits per heavy atom. The summed E-state index contributed by atoms with van der Waals surface area (Å²) >= 11 is 0. The molecule has 0 atom stereocenters. The Balaban J connectivity index is 3.13. The zero-order valence-corrected chi connectivity index (χ0v) is 11.7. The topological polar surface area (TPSA) is 108 Å². The van der Waals surface area contributed by atoms with Crippen LogP contribution in [0.15, 0.2) is 23.4 Å². The lowest BCUT2D eigenvalue weighted by molar-refractivity contribution is 0.0730. The number of carbonyl (C=O) groups is 1. The van der Waals surface area contributed by atoms with Gasteiger partial charge in [-0.15, -0.1) is 0 Å². The van der Waals surface area contributed by atoms with E-state index < -0.39 is 5.91 Å². The molecule has 1 rings (SSSR count). The van der Waals surface area contributed by atoms with Crippen molar-refractivity contribution in [3.8, 4) is 11.5 Å². The largest absolute Gasteiger partial charge is 0.504 e. The number of benzene rings is 1. The monoisotopic (exact) mass is 281 g/mol. The second kappa shape index (κ2) is 6.65. The quantitative estimate of drug-likeness (QED) is 0.323. The summed E-state index contributed by atoms with van der Waals surface area (Å²) in [7, 11) is 1.40. The Morgan fingerprint density at radius 1 is 1.50 bits per heavy atom. The minimum absolute atomic E-state index is 0.0380.